The number of rotatable bonds is 6. The summed E-state index contributed by atoms with van der Waals surface area (Å²) < 4.78 is 7.03. The summed E-state index contributed by atoms with van der Waals surface area (Å²) in [4.78, 5) is 32.5. The molecule has 1 saturated carbocycles. The molecule has 6 nitrogen and oxygen atoms in total. The Bertz CT molecular complexity index is 1540. The number of aromatic nitrogens is 2. The first kappa shape index (κ1) is 24.5. The van der Waals surface area contributed by atoms with E-state index in [4.69, 9.17) is 9.72 Å². The Morgan fingerprint density at radius 2 is 1.71 bits per heavy atom. The van der Waals surface area contributed by atoms with Crippen molar-refractivity contribution in [2.75, 3.05) is 18.2 Å². The van der Waals surface area contributed by atoms with E-state index < -0.39 is 0 Å². The van der Waals surface area contributed by atoms with Crippen LogP contribution in [-0.2, 0) is 16.6 Å². The second-order valence-electron chi connectivity index (χ2n) is 9.98. The quantitative estimate of drug-likeness (QED) is 0.248. The number of ether oxygens (including phenoxy) is 1. The first-order valence-electron chi connectivity index (χ1n) is 13.0. The summed E-state index contributed by atoms with van der Waals surface area (Å²) in [5.41, 5.74) is 5.07. The second kappa shape index (κ2) is 10.1. The topological polar surface area (TPSA) is 73.2 Å². The van der Waals surface area contributed by atoms with E-state index in [1.54, 1.807) is 11.7 Å². The Kier molecular flexibility index (Phi) is 6.54. The summed E-state index contributed by atoms with van der Waals surface area (Å²) in [7, 11) is 1.62. The van der Waals surface area contributed by atoms with Gasteiger partial charge in [-0.1, -0.05) is 67.1 Å². The zero-order valence-electron chi connectivity index (χ0n) is 21.3. The number of hydrogen-bond acceptors (Lipinski definition) is 5. The summed E-state index contributed by atoms with van der Waals surface area (Å²) in [6, 6.07) is 25.1. The van der Waals surface area contributed by atoms with E-state index in [0.29, 0.717) is 16.6 Å². The maximum absolute atomic E-state index is 14.5. The van der Waals surface area contributed by atoms with Crippen LogP contribution in [0.25, 0.3) is 16.9 Å². The number of carbonyl (C=O) groups excluding carboxylic acids is 1. The van der Waals surface area contributed by atoms with Crippen molar-refractivity contribution < 1.29 is 9.53 Å². The van der Waals surface area contributed by atoms with Gasteiger partial charge in [-0.05, 0) is 61.2 Å². The predicted molar refractivity (Wildman–Crippen MR) is 151 cm³/mol. The van der Waals surface area contributed by atoms with Crippen LogP contribution in [0.5, 0.6) is 5.75 Å². The third-order valence-corrected chi connectivity index (χ3v) is 8.60. The van der Waals surface area contributed by atoms with Gasteiger partial charge in [-0.25, -0.2) is 4.98 Å². The lowest BCUT2D eigenvalue weighted by Crippen LogP contribution is -2.40. The minimum Gasteiger partial charge on any atom is -0.497 e. The van der Waals surface area contributed by atoms with Gasteiger partial charge in [0, 0.05) is 16.7 Å². The molecule has 0 bridgehead atoms. The molecular weight excluding hydrogens is 494 g/mol. The number of nitrogens with zero attached hydrogens (tertiary/aromatic N) is 2. The molecule has 0 aliphatic heterocycles. The Hall–Kier alpha value is -3.84. The van der Waals surface area contributed by atoms with Crippen LogP contribution in [0, 0.1) is 0 Å². The van der Waals surface area contributed by atoms with Crippen molar-refractivity contribution in [3.63, 3.8) is 0 Å². The molecular formula is C31H29N3O3S. The lowest BCUT2D eigenvalue weighted by atomic mass is 9.68. The molecule has 2 aliphatic carbocycles. The molecule has 2 aliphatic rings. The number of nitrogens with one attached hydrogen (secondary N) is 1. The van der Waals surface area contributed by atoms with Gasteiger partial charge in [0.05, 0.1) is 29.8 Å². The molecule has 0 atom stereocenters. The van der Waals surface area contributed by atoms with E-state index in [0.717, 1.165) is 54.6 Å². The number of amides is 1. The Balaban J connectivity index is 1.47. The molecule has 7 heteroatoms. The smallest absolute Gasteiger partial charge is 0.263 e. The average Bonchev–Trinajstić information content (AvgIpc) is 3.40. The molecule has 38 heavy (non-hydrogen) atoms. The minimum absolute atomic E-state index is 0.0393. The minimum atomic E-state index is -0.199. The molecule has 0 unspecified atom stereocenters. The van der Waals surface area contributed by atoms with Crippen LogP contribution in [-0.4, -0.2) is 28.3 Å². The van der Waals surface area contributed by atoms with E-state index in [2.05, 4.69) is 23.5 Å². The third kappa shape index (κ3) is 4.41. The van der Waals surface area contributed by atoms with Gasteiger partial charge in [0.15, 0.2) is 5.16 Å². The van der Waals surface area contributed by atoms with E-state index in [1.807, 2.05) is 60.7 Å². The predicted octanol–water partition coefficient (Wildman–Crippen LogP) is 6.01. The van der Waals surface area contributed by atoms with Crippen molar-refractivity contribution in [1.82, 2.24) is 9.55 Å². The van der Waals surface area contributed by atoms with Crippen LogP contribution >= 0.6 is 11.8 Å². The molecule has 3 aromatic carbocycles. The molecule has 1 heterocycles. The highest BCUT2D eigenvalue weighted by atomic mass is 32.2. The van der Waals surface area contributed by atoms with Crippen LogP contribution in [0.2, 0.25) is 0 Å². The summed E-state index contributed by atoms with van der Waals surface area (Å²) in [5.74, 6) is 0.691. The van der Waals surface area contributed by atoms with Crippen LogP contribution in [0.1, 0.15) is 36.8 Å². The number of benzene rings is 3. The fraction of sp³-hybridized carbons (Fsp3) is 0.258. The molecule has 1 aromatic heterocycles. The van der Waals surface area contributed by atoms with Crippen molar-refractivity contribution in [2.24, 2.45) is 0 Å². The van der Waals surface area contributed by atoms with Crippen molar-refractivity contribution in [1.29, 1.82) is 0 Å². The molecule has 6 rings (SSSR count). The number of fused-ring (bicyclic) bond motifs is 4. The van der Waals surface area contributed by atoms with Gasteiger partial charge in [-0.2, -0.15) is 0 Å². The molecule has 0 saturated heterocycles. The highest BCUT2D eigenvalue weighted by Crippen LogP contribution is 2.50. The van der Waals surface area contributed by atoms with Crippen molar-refractivity contribution in [2.45, 2.75) is 42.7 Å². The molecule has 4 aromatic rings. The lowest BCUT2D eigenvalue weighted by molar-refractivity contribution is -0.113. The van der Waals surface area contributed by atoms with Gasteiger partial charge < -0.3 is 10.1 Å². The second-order valence-corrected chi connectivity index (χ2v) is 10.9. The molecule has 1 amide bonds. The maximum Gasteiger partial charge on any atom is 0.263 e. The van der Waals surface area contributed by atoms with E-state index >= 15 is 0 Å². The molecule has 192 valence electrons. The number of carbonyl (C=O) groups is 1. The zero-order chi connectivity index (χ0) is 26.1. The van der Waals surface area contributed by atoms with Crippen LogP contribution in [0.3, 0.4) is 0 Å². The number of anilines is 1. The van der Waals surface area contributed by atoms with E-state index in [9.17, 15) is 9.59 Å². The van der Waals surface area contributed by atoms with Gasteiger partial charge in [0.2, 0.25) is 5.91 Å². The SMILES string of the molecule is COc1ccc(-n2c(SCC(=O)Nc3ccccc3)nc3c(c2=O)C2(CCCC2)Cc2ccccc2-3)cc1. The van der Waals surface area contributed by atoms with Crippen LogP contribution in [0.4, 0.5) is 5.69 Å². The van der Waals surface area contributed by atoms with Gasteiger partial charge >= 0.3 is 0 Å². The summed E-state index contributed by atoms with van der Waals surface area (Å²) >= 11 is 1.28. The molecule has 1 fully saturated rings. The Morgan fingerprint density at radius 3 is 2.45 bits per heavy atom. The van der Waals surface area contributed by atoms with Gasteiger partial charge in [-0.3, -0.25) is 14.2 Å². The van der Waals surface area contributed by atoms with Crippen molar-refractivity contribution >= 4 is 23.4 Å². The maximum atomic E-state index is 14.5. The van der Waals surface area contributed by atoms with Crippen LogP contribution < -0.4 is 15.6 Å². The standard InChI is InChI=1S/C31H29N3O3S/c1-37-24-15-13-23(14-16-24)34-29(36)27-28(25-12-6-5-9-21(25)19-31(27)17-7-8-18-31)33-30(34)38-20-26(35)32-22-10-3-2-4-11-22/h2-6,9-16H,7-8,17-20H2,1H3,(H,32,35). The fourth-order valence-electron chi connectivity index (χ4n) is 5.92. The Labute approximate surface area is 226 Å². The highest BCUT2D eigenvalue weighted by molar-refractivity contribution is 7.99. The summed E-state index contributed by atoms with van der Waals surface area (Å²) in [5, 5.41) is 3.43. The number of thioether (sulfide) groups is 1. The van der Waals surface area contributed by atoms with E-state index in [-0.39, 0.29) is 22.6 Å². The lowest BCUT2D eigenvalue weighted by Gasteiger charge is -2.36. The summed E-state index contributed by atoms with van der Waals surface area (Å²) in [6.45, 7) is 0. The van der Waals surface area contributed by atoms with Gasteiger partial charge in [0.1, 0.15) is 5.75 Å². The number of hydrogen-bond donors (Lipinski definition) is 1. The summed E-state index contributed by atoms with van der Waals surface area (Å²) in [6.07, 6.45) is 5.06. The van der Waals surface area contributed by atoms with Crippen molar-refractivity contribution in [3.8, 4) is 22.7 Å². The first-order valence-corrected chi connectivity index (χ1v) is 13.9. The largest absolute Gasteiger partial charge is 0.497 e. The van der Waals surface area contributed by atoms with Crippen molar-refractivity contribution in [3.05, 3.63) is 100 Å². The molecule has 1 N–H and O–H groups in total. The third-order valence-electron chi connectivity index (χ3n) is 7.67. The number of methoxy groups -OCH3 is 1. The monoisotopic (exact) mass is 523 g/mol. The number of para-hydroxylation sites is 1. The van der Waals surface area contributed by atoms with Gasteiger partial charge in [-0.15, -0.1) is 0 Å². The first-order chi connectivity index (χ1) is 18.6. The van der Waals surface area contributed by atoms with Gasteiger partial charge in [0.25, 0.3) is 5.56 Å². The molecule has 0 radical (unpaired) electrons. The van der Waals surface area contributed by atoms with Crippen LogP contribution in [0.15, 0.2) is 88.8 Å². The van der Waals surface area contributed by atoms with E-state index in [1.165, 1.54) is 17.3 Å². The highest BCUT2D eigenvalue weighted by Gasteiger charge is 2.44. The fourth-order valence-corrected chi connectivity index (χ4v) is 6.72. The normalized spacial score (nSPS) is 15.1. The zero-order valence-corrected chi connectivity index (χ0v) is 22.1. The molecule has 1 spiro atoms. The average molecular weight is 524 g/mol. The Morgan fingerprint density at radius 1 is 1.00 bits per heavy atom.